The topological polar surface area (TPSA) is 67.3 Å². The summed E-state index contributed by atoms with van der Waals surface area (Å²) in [5, 5.41) is 5.65. The van der Waals surface area contributed by atoms with Crippen LogP contribution in [0.15, 0.2) is 24.5 Å². The number of ether oxygens (including phenoxy) is 1. The number of methoxy groups -OCH3 is 1. The number of rotatable bonds is 4. The quantitative estimate of drug-likeness (QED) is 0.688. The molecule has 4 rings (SSSR count). The average Bonchev–Trinajstić information content (AvgIpc) is 3.06. The molecule has 0 aliphatic heterocycles. The Labute approximate surface area is 162 Å². The Hall–Kier alpha value is -2.25. The van der Waals surface area contributed by atoms with E-state index in [1.165, 1.54) is 20.0 Å². The first-order valence-corrected chi connectivity index (χ1v) is 10.1. The van der Waals surface area contributed by atoms with Crippen LogP contribution in [0, 0.1) is 0 Å². The SMILES string of the molecule is COC(=O)c1ccc2sc3ncnc(NC4CCC(N(C)C)CC4)c3c2c1. The third kappa shape index (κ3) is 3.49. The number of carbonyl (C=O) groups is 1. The molecule has 0 amide bonds. The van der Waals surface area contributed by atoms with Crippen LogP contribution in [0.5, 0.6) is 0 Å². The van der Waals surface area contributed by atoms with Gasteiger partial charge in [0.25, 0.3) is 0 Å². The smallest absolute Gasteiger partial charge is 0.337 e. The zero-order chi connectivity index (χ0) is 19.0. The van der Waals surface area contributed by atoms with Crippen LogP contribution in [0.1, 0.15) is 36.0 Å². The number of benzene rings is 1. The van der Waals surface area contributed by atoms with Gasteiger partial charge in [-0.15, -0.1) is 11.3 Å². The Balaban J connectivity index is 1.67. The molecule has 0 radical (unpaired) electrons. The first kappa shape index (κ1) is 18.1. The lowest BCUT2D eigenvalue weighted by molar-refractivity contribution is 0.0601. The molecular formula is C20H24N4O2S. The van der Waals surface area contributed by atoms with Crippen LogP contribution >= 0.6 is 11.3 Å². The van der Waals surface area contributed by atoms with Crippen LogP contribution < -0.4 is 5.32 Å². The number of hydrogen-bond donors (Lipinski definition) is 1. The Morgan fingerprint density at radius 1 is 1.22 bits per heavy atom. The van der Waals surface area contributed by atoms with Gasteiger partial charge in [0.15, 0.2) is 0 Å². The van der Waals surface area contributed by atoms with Crippen molar-refractivity contribution in [3.63, 3.8) is 0 Å². The molecule has 0 spiro atoms. The van der Waals surface area contributed by atoms with Crippen molar-refractivity contribution in [1.29, 1.82) is 0 Å². The van der Waals surface area contributed by atoms with Gasteiger partial charge in [0.05, 0.1) is 18.1 Å². The van der Waals surface area contributed by atoms with Gasteiger partial charge in [0, 0.05) is 22.2 Å². The van der Waals surface area contributed by atoms with Gasteiger partial charge in [-0.1, -0.05) is 0 Å². The summed E-state index contributed by atoms with van der Waals surface area (Å²) in [6.45, 7) is 0. The Kier molecular flexibility index (Phi) is 4.97. The highest BCUT2D eigenvalue weighted by molar-refractivity contribution is 7.25. The number of fused-ring (bicyclic) bond motifs is 3. The largest absolute Gasteiger partial charge is 0.465 e. The van der Waals surface area contributed by atoms with E-state index >= 15 is 0 Å². The van der Waals surface area contributed by atoms with Crippen molar-refractivity contribution in [2.45, 2.75) is 37.8 Å². The Morgan fingerprint density at radius 3 is 2.70 bits per heavy atom. The molecule has 1 aliphatic rings. The first-order chi connectivity index (χ1) is 13.1. The lowest BCUT2D eigenvalue weighted by Crippen LogP contribution is -2.36. The van der Waals surface area contributed by atoms with Crippen LogP contribution in [-0.2, 0) is 4.74 Å². The van der Waals surface area contributed by atoms with Gasteiger partial charge >= 0.3 is 5.97 Å². The number of aromatic nitrogens is 2. The molecule has 0 saturated heterocycles. The maximum absolute atomic E-state index is 11.9. The van der Waals surface area contributed by atoms with Crippen LogP contribution in [0.2, 0.25) is 0 Å². The highest BCUT2D eigenvalue weighted by Crippen LogP contribution is 2.37. The number of carbonyl (C=O) groups excluding carboxylic acids is 1. The van der Waals surface area contributed by atoms with Gasteiger partial charge in [-0.2, -0.15) is 0 Å². The molecule has 2 heterocycles. The Bertz CT molecular complexity index is 977. The molecule has 1 aromatic carbocycles. The molecule has 1 fully saturated rings. The molecule has 1 saturated carbocycles. The van der Waals surface area contributed by atoms with Gasteiger partial charge in [-0.3, -0.25) is 0 Å². The van der Waals surface area contributed by atoms with Gasteiger partial charge in [0.1, 0.15) is 17.0 Å². The number of thiophene rings is 1. The fraction of sp³-hybridized carbons (Fsp3) is 0.450. The fourth-order valence-electron chi connectivity index (χ4n) is 3.89. The van der Waals surface area contributed by atoms with E-state index in [9.17, 15) is 4.79 Å². The maximum Gasteiger partial charge on any atom is 0.337 e. The second-order valence-corrected chi connectivity index (χ2v) is 8.35. The van der Waals surface area contributed by atoms with Gasteiger partial charge in [-0.05, 0) is 58.0 Å². The van der Waals surface area contributed by atoms with E-state index in [-0.39, 0.29) is 5.97 Å². The summed E-state index contributed by atoms with van der Waals surface area (Å²) in [5.74, 6) is 0.534. The summed E-state index contributed by atoms with van der Waals surface area (Å²) in [6, 6.07) is 6.72. The van der Waals surface area contributed by atoms with E-state index in [0.717, 1.165) is 39.0 Å². The molecule has 0 bridgehead atoms. The molecule has 3 aromatic rings. The van der Waals surface area contributed by atoms with E-state index in [0.29, 0.717) is 17.6 Å². The van der Waals surface area contributed by atoms with Gasteiger partial charge in [0.2, 0.25) is 0 Å². The van der Waals surface area contributed by atoms with E-state index < -0.39 is 0 Å². The summed E-state index contributed by atoms with van der Waals surface area (Å²) < 4.78 is 5.96. The van der Waals surface area contributed by atoms with Crippen molar-refractivity contribution in [1.82, 2.24) is 14.9 Å². The normalized spacial score (nSPS) is 20.3. The van der Waals surface area contributed by atoms with Crippen LogP contribution in [-0.4, -0.2) is 54.1 Å². The van der Waals surface area contributed by atoms with E-state index in [1.54, 1.807) is 23.7 Å². The molecule has 27 heavy (non-hydrogen) atoms. The first-order valence-electron chi connectivity index (χ1n) is 9.25. The van der Waals surface area contributed by atoms with Crippen LogP contribution in [0.4, 0.5) is 5.82 Å². The zero-order valence-electron chi connectivity index (χ0n) is 15.9. The van der Waals surface area contributed by atoms with Crippen LogP contribution in [0.25, 0.3) is 20.3 Å². The van der Waals surface area contributed by atoms with Crippen LogP contribution in [0.3, 0.4) is 0 Å². The number of esters is 1. The number of anilines is 1. The molecule has 1 aliphatic carbocycles. The van der Waals surface area contributed by atoms with Crippen molar-refractivity contribution in [2.24, 2.45) is 0 Å². The molecule has 7 heteroatoms. The molecule has 0 atom stereocenters. The second kappa shape index (κ2) is 7.40. The predicted octanol–water partition coefficient (Wildman–Crippen LogP) is 3.92. The lowest BCUT2D eigenvalue weighted by atomic mass is 9.90. The fourth-order valence-corrected chi connectivity index (χ4v) is 4.92. The maximum atomic E-state index is 11.9. The third-order valence-electron chi connectivity index (χ3n) is 5.46. The summed E-state index contributed by atoms with van der Waals surface area (Å²) in [5.41, 5.74) is 0.547. The van der Waals surface area contributed by atoms with E-state index in [4.69, 9.17) is 4.74 Å². The van der Waals surface area contributed by atoms with E-state index in [2.05, 4.69) is 34.3 Å². The zero-order valence-corrected chi connectivity index (χ0v) is 16.7. The Morgan fingerprint density at radius 2 is 2.00 bits per heavy atom. The summed E-state index contributed by atoms with van der Waals surface area (Å²) >= 11 is 1.62. The highest BCUT2D eigenvalue weighted by Gasteiger charge is 2.24. The molecule has 6 nitrogen and oxygen atoms in total. The standard InChI is InChI=1S/C20H24N4O2S/c1-24(2)14-7-5-13(6-8-14)23-18-17-15-10-12(20(25)26-3)4-9-16(15)27-19(17)22-11-21-18/h4,9-11,13-14H,5-8H2,1-3H3,(H,21,22,23). The second-order valence-electron chi connectivity index (χ2n) is 7.32. The highest BCUT2D eigenvalue weighted by atomic mass is 32.1. The summed E-state index contributed by atoms with van der Waals surface area (Å²) in [6.07, 6.45) is 6.26. The van der Waals surface area contributed by atoms with Crippen molar-refractivity contribution in [3.8, 4) is 0 Å². The summed E-state index contributed by atoms with van der Waals surface area (Å²) in [7, 11) is 5.71. The minimum Gasteiger partial charge on any atom is -0.465 e. The van der Waals surface area contributed by atoms with Crippen molar-refractivity contribution < 1.29 is 9.53 Å². The van der Waals surface area contributed by atoms with Crippen molar-refractivity contribution in [3.05, 3.63) is 30.1 Å². The lowest BCUT2D eigenvalue weighted by Gasteiger charge is -2.33. The average molecular weight is 385 g/mol. The predicted molar refractivity (Wildman–Crippen MR) is 110 cm³/mol. The minimum absolute atomic E-state index is 0.329. The molecular weight excluding hydrogens is 360 g/mol. The molecule has 0 unspecified atom stereocenters. The number of nitrogens with zero attached hydrogens (tertiary/aromatic N) is 3. The van der Waals surface area contributed by atoms with Crippen molar-refractivity contribution >= 4 is 43.4 Å². The number of hydrogen-bond acceptors (Lipinski definition) is 7. The van der Waals surface area contributed by atoms with Crippen molar-refractivity contribution in [2.75, 3.05) is 26.5 Å². The molecule has 2 aromatic heterocycles. The molecule has 1 N–H and O–H groups in total. The monoisotopic (exact) mass is 384 g/mol. The minimum atomic E-state index is -0.329. The third-order valence-corrected chi connectivity index (χ3v) is 6.54. The summed E-state index contributed by atoms with van der Waals surface area (Å²) in [4.78, 5) is 24.2. The molecule has 142 valence electrons. The van der Waals surface area contributed by atoms with E-state index in [1.807, 2.05) is 12.1 Å². The van der Waals surface area contributed by atoms with Gasteiger partial charge < -0.3 is 15.0 Å². The van der Waals surface area contributed by atoms with Gasteiger partial charge in [-0.25, -0.2) is 14.8 Å². The number of nitrogens with one attached hydrogen (secondary N) is 1.